The number of hydrogen-bond acceptors (Lipinski definition) is 6. The van der Waals surface area contributed by atoms with Crippen molar-refractivity contribution in [2.75, 3.05) is 0 Å². The molecule has 9 heteroatoms. The Bertz CT molecular complexity index is 2170. The minimum Gasteiger partial charge on any atom is -0.456 e. The predicted molar refractivity (Wildman–Crippen MR) is 201 cm³/mol. The van der Waals surface area contributed by atoms with Gasteiger partial charge in [0.1, 0.15) is 11.2 Å². The van der Waals surface area contributed by atoms with E-state index in [2.05, 4.69) is 65.6 Å². The summed E-state index contributed by atoms with van der Waals surface area (Å²) in [6.45, 7) is 8.23. The molecule has 3 heterocycles. The van der Waals surface area contributed by atoms with Crippen LogP contribution in [0.15, 0.2) is 135 Å². The van der Waals surface area contributed by atoms with Crippen molar-refractivity contribution in [1.82, 2.24) is 15.0 Å². The Morgan fingerprint density at radius 3 is 1.67 bits per heavy atom. The molecule has 0 unspecified atom stereocenters. The molecule has 0 saturated carbocycles. The van der Waals surface area contributed by atoms with Gasteiger partial charge in [0, 0.05) is 36.4 Å². The molecule has 0 N–H and O–H groups in total. The molecule has 1 aliphatic rings. The van der Waals surface area contributed by atoms with E-state index in [1.54, 1.807) is 0 Å². The molecular formula is C39H32BBr2N3O3. The molecule has 0 radical (unpaired) electrons. The summed E-state index contributed by atoms with van der Waals surface area (Å²) in [6, 6.07) is 40.0. The van der Waals surface area contributed by atoms with Gasteiger partial charge in [-0.05, 0) is 83.2 Å². The Kier molecular flexibility index (Phi) is 8.81. The number of aromatic nitrogens is 3. The first kappa shape index (κ1) is 32.4. The Hall–Kier alpha value is -4.15. The number of halogens is 2. The Morgan fingerprint density at radius 1 is 0.542 bits per heavy atom. The fourth-order valence-electron chi connectivity index (χ4n) is 5.49. The van der Waals surface area contributed by atoms with Crippen LogP contribution in [0.2, 0.25) is 0 Å². The largest absolute Gasteiger partial charge is 0.494 e. The molecular weight excluding hydrogens is 729 g/mol. The Labute approximate surface area is 297 Å². The smallest absolute Gasteiger partial charge is 0.456 e. The lowest BCUT2D eigenvalue weighted by molar-refractivity contribution is 0.00578. The average molecular weight is 761 g/mol. The summed E-state index contributed by atoms with van der Waals surface area (Å²) in [6.07, 6.45) is 0. The summed E-state index contributed by atoms with van der Waals surface area (Å²) >= 11 is 7.07. The van der Waals surface area contributed by atoms with Crippen molar-refractivity contribution in [1.29, 1.82) is 0 Å². The number of benzene rings is 5. The van der Waals surface area contributed by atoms with Gasteiger partial charge in [0.2, 0.25) is 0 Å². The molecule has 0 atom stereocenters. The molecule has 1 aliphatic heterocycles. The number of fused-ring (bicyclic) bond motifs is 3. The molecule has 8 rings (SSSR count). The minimum absolute atomic E-state index is 0.401. The minimum atomic E-state index is -0.445. The standard InChI is InChI=1S/C27H26BN3O2.C12H6Br2O/c1-26(2)27(3,4)33-28(32-26)22-17-11-16-21(18-22)25-30-23(19-12-7-5-8-13-19)29-24(31-25)20-14-9-6-10-15-20;13-8-5-6-10-11(12(8)14)7-3-1-2-4-9(7)15-10/h5-18H,1-4H3;1-6H. The number of rotatable bonds is 4. The van der Waals surface area contributed by atoms with Gasteiger partial charge in [-0.2, -0.15) is 0 Å². The number of nitrogens with zero attached hydrogens (tertiary/aromatic N) is 3. The zero-order valence-corrected chi connectivity index (χ0v) is 30.1. The van der Waals surface area contributed by atoms with Crippen molar-refractivity contribution in [3.63, 3.8) is 0 Å². The van der Waals surface area contributed by atoms with Crippen molar-refractivity contribution >= 4 is 66.4 Å². The van der Waals surface area contributed by atoms with Gasteiger partial charge in [-0.15, -0.1) is 0 Å². The molecule has 0 amide bonds. The van der Waals surface area contributed by atoms with E-state index < -0.39 is 18.3 Å². The number of furan rings is 1. The van der Waals surface area contributed by atoms with Gasteiger partial charge < -0.3 is 13.7 Å². The van der Waals surface area contributed by atoms with Crippen molar-refractivity contribution in [2.24, 2.45) is 0 Å². The predicted octanol–water partition coefficient (Wildman–Crippen LogP) is 10.3. The van der Waals surface area contributed by atoms with Crippen LogP contribution >= 0.6 is 31.9 Å². The summed E-state index contributed by atoms with van der Waals surface area (Å²) in [5.41, 5.74) is 4.75. The Morgan fingerprint density at radius 2 is 1.06 bits per heavy atom. The van der Waals surface area contributed by atoms with Gasteiger partial charge >= 0.3 is 7.12 Å². The zero-order chi connectivity index (χ0) is 33.5. The van der Waals surface area contributed by atoms with Gasteiger partial charge in [-0.1, -0.05) is 103 Å². The molecule has 6 nitrogen and oxygen atoms in total. The second-order valence-electron chi connectivity index (χ2n) is 12.6. The molecule has 2 aromatic heterocycles. The van der Waals surface area contributed by atoms with E-state index in [1.807, 2.05) is 115 Å². The quantitative estimate of drug-likeness (QED) is 0.166. The van der Waals surface area contributed by atoms with Crippen molar-refractivity contribution in [3.8, 4) is 34.2 Å². The first-order valence-electron chi connectivity index (χ1n) is 15.7. The normalized spacial score (nSPS) is 15.0. The van der Waals surface area contributed by atoms with Gasteiger partial charge in [0.15, 0.2) is 17.5 Å². The summed E-state index contributed by atoms with van der Waals surface area (Å²) in [4.78, 5) is 14.4. The van der Waals surface area contributed by atoms with Crippen LogP contribution < -0.4 is 5.46 Å². The fraction of sp³-hybridized carbons (Fsp3) is 0.154. The van der Waals surface area contributed by atoms with Crippen LogP contribution in [0.25, 0.3) is 56.1 Å². The van der Waals surface area contributed by atoms with Crippen LogP contribution in [-0.4, -0.2) is 33.3 Å². The summed E-state index contributed by atoms with van der Waals surface area (Å²) in [5, 5.41) is 2.26. The maximum absolute atomic E-state index is 6.25. The second-order valence-corrected chi connectivity index (χ2v) is 14.2. The first-order chi connectivity index (χ1) is 23.1. The summed E-state index contributed by atoms with van der Waals surface area (Å²) < 4.78 is 20.3. The van der Waals surface area contributed by atoms with Gasteiger partial charge in [0.25, 0.3) is 0 Å². The molecule has 1 fully saturated rings. The van der Waals surface area contributed by atoms with E-state index in [4.69, 9.17) is 28.7 Å². The van der Waals surface area contributed by atoms with Crippen molar-refractivity contribution < 1.29 is 13.7 Å². The Balaban J connectivity index is 0.000000201. The highest BCUT2D eigenvalue weighted by molar-refractivity contribution is 9.13. The zero-order valence-electron chi connectivity index (χ0n) is 26.9. The number of hydrogen-bond donors (Lipinski definition) is 0. The van der Waals surface area contributed by atoms with E-state index >= 15 is 0 Å². The van der Waals surface area contributed by atoms with Crippen LogP contribution in [0, 0.1) is 0 Å². The van der Waals surface area contributed by atoms with E-state index in [0.29, 0.717) is 17.5 Å². The molecule has 7 aromatic rings. The molecule has 0 bridgehead atoms. The highest BCUT2D eigenvalue weighted by atomic mass is 79.9. The maximum Gasteiger partial charge on any atom is 0.494 e. The van der Waals surface area contributed by atoms with Crippen molar-refractivity contribution in [3.05, 3.63) is 130 Å². The van der Waals surface area contributed by atoms with Crippen LogP contribution in [-0.2, 0) is 9.31 Å². The third-order valence-electron chi connectivity index (χ3n) is 8.80. The fourth-order valence-corrected chi connectivity index (χ4v) is 6.36. The third kappa shape index (κ3) is 6.35. The van der Waals surface area contributed by atoms with E-state index in [-0.39, 0.29) is 0 Å². The van der Waals surface area contributed by atoms with Crippen LogP contribution in [0.4, 0.5) is 0 Å². The van der Waals surface area contributed by atoms with E-state index in [9.17, 15) is 0 Å². The van der Waals surface area contributed by atoms with Gasteiger partial charge in [-0.3, -0.25) is 0 Å². The monoisotopic (exact) mass is 759 g/mol. The van der Waals surface area contributed by atoms with Gasteiger partial charge in [-0.25, -0.2) is 15.0 Å². The first-order valence-corrected chi connectivity index (χ1v) is 17.3. The molecule has 238 valence electrons. The SMILES string of the molecule is Brc1ccc2oc3ccccc3c2c1Br.CC1(C)OB(c2cccc(-c3nc(-c4ccccc4)nc(-c4ccccc4)n3)c2)OC1(C)C. The highest BCUT2D eigenvalue weighted by Gasteiger charge is 2.51. The third-order valence-corrected chi connectivity index (χ3v) is 10.8. The average Bonchev–Trinajstić information content (AvgIpc) is 3.60. The molecule has 48 heavy (non-hydrogen) atoms. The lowest BCUT2D eigenvalue weighted by Gasteiger charge is -2.32. The van der Waals surface area contributed by atoms with Crippen LogP contribution in [0.3, 0.4) is 0 Å². The molecule has 0 aliphatic carbocycles. The topological polar surface area (TPSA) is 70.3 Å². The summed E-state index contributed by atoms with van der Waals surface area (Å²) in [5.74, 6) is 1.89. The van der Waals surface area contributed by atoms with Crippen LogP contribution in [0.5, 0.6) is 0 Å². The van der Waals surface area contributed by atoms with E-state index in [1.165, 1.54) is 0 Å². The second kappa shape index (κ2) is 13.0. The van der Waals surface area contributed by atoms with E-state index in [0.717, 1.165) is 53.0 Å². The number of para-hydroxylation sites is 1. The molecule has 1 saturated heterocycles. The highest BCUT2D eigenvalue weighted by Crippen LogP contribution is 2.38. The lowest BCUT2D eigenvalue weighted by Crippen LogP contribution is -2.41. The molecule has 5 aromatic carbocycles. The molecule has 0 spiro atoms. The van der Waals surface area contributed by atoms with Crippen molar-refractivity contribution in [2.45, 2.75) is 38.9 Å². The summed E-state index contributed by atoms with van der Waals surface area (Å²) in [7, 11) is -0.445. The maximum atomic E-state index is 6.25. The lowest BCUT2D eigenvalue weighted by atomic mass is 9.78. The van der Waals surface area contributed by atoms with Gasteiger partial charge in [0.05, 0.1) is 11.2 Å². The van der Waals surface area contributed by atoms with Crippen LogP contribution in [0.1, 0.15) is 27.7 Å².